The van der Waals surface area contributed by atoms with Crippen molar-refractivity contribution in [1.82, 2.24) is 9.97 Å². The zero-order valence-electron chi connectivity index (χ0n) is 16.9. The maximum absolute atomic E-state index is 14.2. The molecular formula is C20H23F4N5O. The first-order valence-electron chi connectivity index (χ1n) is 9.45. The fourth-order valence-electron chi connectivity index (χ4n) is 2.95. The summed E-state index contributed by atoms with van der Waals surface area (Å²) in [5.74, 6) is -0.754. The molecule has 3 rings (SSSR count). The summed E-state index contributed by atoms with van der Waals surface area (Å²) in [6, 6.07) is 4.02. The van der Waals surface area contributed by atoms with Gasteiger partial charge in [-0.1, -0.05) is 20.8 Å². The van der Waals surface area contributed by atoms with Crippen molar-refractivity contribution < 1.29 is 22.4 Å². The third kappa shape index (κ3) is 4.98. The highest BCUT2D eigenvalue weighted by atomic mass is 19.4. The monoisotopic (exact) mass is 425 g/mol. The highest BCUT2D eigenvalue weighted by molar-refractivity contribution is 5.93. The van der Waals surface area contributed by atoms with Gasteiger partial charge in [0.05, 0.1) is 17.4 Å². The molecule has 0 saturated carbocycles. The van der Waals surface area contributed by atoms with E-state index in [2.05, 4.69) is 15.3 Å². The quantitative estimate of drug-likeness (QED) is 0.755. The Morgan fingerprint density at radius 3 is 2.13 bits per heavy atom. The Morgan fingerprint density at radius 1 is 1.00 bits per heavy atom. The summed E-state index contributed by atoms with van der Waals surface area (Å²) in [6.45, 7) is 7.28. The average molecular weight is 425 g/mol. The lowest BCUT2D eigenvalue weighted by Gasteiger charge is -2.36. The van der Waals surface area contributed by atoms with E-state index in [-0.39, 0.29) is 11.7 Å². The maximum Gasteiger partial charge on any atom is 0.417 e. The van der Waals surface area contributed by atoms with Crippen LogP contribution in [0.25, 0.3) is 0 Å². The SMILES string of the molecule is CC(C)(C)C(=O)Nc1ccc(N2CCN(c3ncc(C(F)(F)F)cc3F)CC2)cn1. The highest BCUT2D eigenvalue weighted by Crippen LogP contribution is 2.31. The first kappa shape index (κ1) is 21.8. The van der Waals surface area contributed by atoms with Crippen molar-refractivity contribution in [2.45, 2.75) is 26.9 Å². The minimum absolute atomic E-state index is 0.0824. The van der Waals surface area contributed by atoms with Crippen LogP contribution in [0.3, 0.4) is 0 Å². The van der Waals surface area contributed by atoms with Crippen LogP contribution in [-0.4, -0.2) is 42.1 Å². The number of carbonyl (C=O) groups excluding carboxylic acids is 1. The Balaban J connectivity index is 1.61. The van der Waals surface area contributed by atoms with Gasteiger partial charge < -0.3 is 15.1 Å². The van der Waals surface area contributed by atoms with Crippen molar-refractivity contribution in [2.75, 3.05) is 41.3 Å². The summed E-state index contributed by atoms with van der Waals surface area (Å²) < 4.78 is 52.2. The van der Waals surface area contributed by atoms with Gasteiger partial charge in [0.15, 0.2) is 11.6 Å². The van der Waals surface area contributed by atoms with Gasteiger partial charge in [-0.25, -0.2) is 14.4 Å². The number of hydrogen-bond donors (Lipinski definition) is 1. The second-order valence-electron chi connectivity index (χ2n) is 8.11. The van der Waals surface area contributed by atoms with E-state index in [1.807, 2.05) is 31.7 Å². The average Bonchev–Trinajstić information content (AvgIpc) is 2.67. The number of aromatic nitrogens is 2. The molecular weight excluding hydrogens is 402 g/mol. The van der Waals surface area contributed by atoms with E-state index in [9.17, 15) is 22.4 Å². The topological polar surface area (TPSA) is 61.4 Å². The Kier molecular flexibility index (Phi) is 5.87. The van der Waals surface area contributed by atoms with Crippen LogP contribution < -0.4 is 15.1 Å². The Labute approximate surface area is 171 Å². The minimum atomic E-state index is -4.63. The van der Waals surface area contributed by atoms with Crippen LogP contribution in [0.4, 0.5) is 34.9 Å². The lowest BCUT2D eigenvalue weighted by Crippen LogP contribution is -2.47. The van der Waals surface area contributed by atoms with Gasteiger partial charge in [0, 0.05) is 37.8 Å². The van der Waals surface area contributed by atoms with Gasteiger partial charge in [0.25, 0.3) is 0 Å². The Hall–Kier alpha value is -2.91. The van der Waals surface area contributed by atoms with E-state index < -0.39 is 23.0 Å². The van der Waals surface area contributed by atoms with Gasteiger partial charge in [0.2, 0.25) is 5.91 Å². The summed E-state index contributed by atoms with van der Waals surface area (Å²) in [7, 11) is 0. The molecule has 10 heteroatoms. The smallest absolute Gasteiger partial charge is 0.367 e. The van der Waals surface area contributed by atoms with E-state index in [4.69, 9.17) is 0 Å². The third-order valence-corrected chi connectivity index (χ3v) is 4.76. The van der Waals surface area contributed by atoms with E-state index >= 15 is 0 Å². The van der Waals surface area contributed by atoms with Gasteiger partial charge in [-0.2, -0.15) is 13.2 Å². The lowest BCUT2D eigenvalue weighted by atomic mass is 9.96. The largest absolute Gasteiger partial charge is 0.417 e. The number of halogens is 4. The summed E-state index contributed by atoms with van der Waals surface area (Å²) >= 11 is 0. The van der Waals surface area contributed by atoms with Crippen molar-refractivity contribution in [2.24, 2.45) is 5.41 Å². The number of rotatable bonds is 3. The second-order valence-corrected chi connectivity index (χ2v) is 8.11. The molecule has 0 aliphatic carbocycles. The predicted molar refractivity (Wildman–Crippen MR) is 106 cm³/mol. The van der Waals surface area contributed by atoms with Crippen LogP contribution in [0.2, 0.25) is 0 Å². The molecule has 6 nitrogen and oxygen atoms in total. The number of piperazine rings is 1. The van der Waals surface area contributed by atoms with E-state index in [0.717, 1.165) is 5.69 Å². The molecule has 162 valence electrons. The molecule has 2 aromatic heterocycles. The summed E-state index contributed by atoms with van der Waals surface area (Å²) in [4.78, 5) is 23.6. The first-order valence-corrected chi connectivity index (χ1v) is 9.45. The molecule has 1 fully saturated rings. The van der Waals surface area contributed by atoms with Crippen LogP contribution in [0.1, 0.15) is 26.3 Å². The molecule has 1 saturated heterocycles. The zero-order chi connectivity index (χ0) is 22.1. The molecule has 1 N–H and O–H groups in total. The number of hydrogen-bond acceptors (Lipinski definition) is 5. The number of nitrogens with one attached hydrogen (secondary N) is 1. The molecule has 0 spiro atoms. The first-order chi connectivity index (χ1) is 13.9. The highest BCUT2D eigenvalue weighted by Gasteiger charge is 2.32. The van der Waals surface area contributed by atoms with Gasteiger partial charge in [-0.15, -0.1) is 0 Å². The molecule has 0 aromatic carbocycles. The number of amides is 1. The molecule has 0 bridgehead atoms. The molecule has 2 aromatic rings. The van der Waals surface area contributed by atoms with Crippen LogP contribution in [0, 0.1) is 11.2 Å². The Bertz CT molecular complexity index is 901. The molecule has 1 amide bonds. The van der Waals surface area contributed by atoms with E-state index in [1.54, 1.807) is 17.2 Å². The minimum Gasteiger partial charge on any atom is -0.367 e. The summed E-state index contributed by atoms with van der Waals surface area (Å²) in [5.41, 5.74) is -0.797. The van der Waals surface area contributed by atoms with Crippen molar-refractivity contribution in [3.63, 3.8) is 0 Å². The van der Waals surface area contributed by atoms with Gasteiger partial charge in [0.1, 0.15) is 5.82 Å². The molecule has 3 heterocycles. The molecule has 0 atom stereocenters. The normalized spacial score (nSPS) is 15.3. The van der Waals surface area contributed by atoms with Crippen LogP contribution in [0.15, 0.2) is 30.6 Å². The molecule has 1 aliphatic rings. The van der Waals surface area contributed by atoms with Gasteiger partial charge >= 0.3 is 6.18 Å². The van der Waals surface area contributed by atoms with Gasteiger partial charge in [-0.3, -0.25) is 4.79 Å². The summed E-state index contributed by atoms with van der Waals surface area (Å²) in [5, 5.41) is 2.76. The number of pyridine rings is 2. The molecule has 1 aliphatic heterocycles. The lowest BCUT2D eigenvalue weighted by molar-refractivity contribution is -0.138. The zero-order valence-corrected chi connectivity index (χ0v) is 16.9. The van der Waals surface area contributed by atoms with Gasteiger partial charge in [-0.05, 0) is 18.2 Å². The maximum atomic E-state index is 14.2. The van der Waals surface area contributed by atoms with E-state index in [0.29, 0.717) is 44.3 Å². The molecule has 0 radical (unpaired) electrons. The van der Waals surface area contributed by atoms with E-state index in [1.165, 1.54) is 0 Å². The van der Waals surface area contributed by atoms with Crippen molar-refractivity contribution in [3.8, 4) is 0 Å². The number of alkyl halides is 3. The number of anilines is 3. The Morgan fingerprint density at radius 2 is 1.63 bits per heavy atom. The van der Waals surface area contributed by atoms with Crippen molar-refractivity contribution >= 4 is 23.2 Å². The fourth-order valence-corrected chi connectivity index (χ4v) is 2.95. The van der Waals surface area contributed by atoms with Crippen molar-refractivity contribution in [3.05, 3.63) is 42.0 Å². The standard InChI is InChI=1S/C20H23F4N5O/c1-19(2,3)18(30)27-16-5-4-14(12-25-16)28-6-8-29(9-7-28)17-15(21)10-13(11-26-17)20(22,23)24/h4-5,10-12H,6-9H2,1-3H3,(H,25,27,30). The third-order valence-electron chi connectivity index (χ3n) is 4.76. The van der Waals surface area contributed by atoms with Crippen LogP contribution in [-0.2, 0) is 11.0 Å². The molecule has 0 unspecified atom stereocenters. The second kappa shape index (κ2) is 8.08. The van der Waals surface area contributed by atoms with Crippen LogP contribution in [0.5, 0.6) is 0 Å². The number of carbonyl (C=O) groups is 1. The fraction of sp³-hybridized carbons (Fsp3) is 0.450. The number of nitrogens with zero attached hydrogens (tertiary/aromatic N) is 4. The predicted octanol–water partition coefficient (Wildman–Crippen LogP) is 3.95. The summed E-state index contributed by atoms with van der Waals surface area (Å²) in [6.07, 6.45) is -2.33. The molecule has 30 heavy (non-hydrogen) atoms. The van der Waals surface area contributed by atoms with Crippen molar-refractivity contribution in [1.29, 1.82) is 0 Å². The van der Waals surface area contributed by atoms with Crippen LogP contribution >= 0.6 is 0 Å².